The molecule has 2 N–H and O–H groups in total. The smallest absolute Gasteiger partial charge is 0.123 e. The number of para-hydroxylation sites is 2. The fourth-order valence-electron chi connectivity index (χ4n) is 2.63. The van der Waals surface area contributed by atoms with Gasteiger partial charge in [-0.3, -0.25) is 0 Å². The second-order valence-electron chi connectivity index (χ2n) is 5.15. The molecule has 3 nitrogen and oxygen atoms in total. The average molecular weight is 285 g/mol. The third-order valence-electron chi connectivity index (χ3n) is 3.78. The molecule has 2 rings (SSSR count). The van der Waals surface area contributed by atoms with Crippen LogP contribution in [0, 0.1) is 0 Å². The van der Waals surface area contributed by atoms with Gasteiger partial charge in [0.05, 0.1) is 7.11 Å². The van der Waals surface area contributed by atoms with Gasteiger partial charge in [0.25, 0.3) is 0 Å². The number of hydrogen-bond donors (Lipinski definition) is 2. The summed E-state index contributed by atoms with van der Waals surface area (Å²) in [6, 6.07) is 15.7. The molecule has 0 amide bonds. The first-order valence-corrected chi connectivity index (χ1v) is 7.34. The third-order valence-corrected chi connectivity index (χ3v) is 3.78. The summed E-state index contributed by atoms with van der Waals surface area (Å²) in [7, 11) is 1.69. The van der Waals surface area contributed by atoms with E-state index in [0.29, 0.717) is 5.75 Å². The van der Waals surface area contributed by atoms with Gasteiger partial charge in [0, 0.05) is 23.2 Å². The van der Waals surface area contributed by atoms with Crippen LogP contribution in [0.4, 0.5) is 0 Å². The van der Waals surface area contributed by atoms with Crippen LogP contribution in [0.2, 0.25) is 0 Å². The zero-order valence-electron chi connectivity index (χ0n) is 12.8. The molecule has 2 aromatic rings. The zero-order valence-corrected chi connectivity index (χ0v) is 12.8. The predicted molar refractivity (Wildman–Crippen MR) is 85.7 cm³/mol. The average Bonchev–Trinajstić information content (AvgIpc) is 2.52. The molecule has 0 saturated carbocycles. The minimum atomic E-state index is 0.0565. The summed E-state index contributed by atoms with van der Waals surface area (Å²) in [5.74, 6) is 1.22. The number of rotatable bonds is 6. The molecule has 0 aliphatic heterocycles. The highest BCUT2D eigenvalue weighted by atomic mass is 16.5. The Hall–Kier alpha value is -2.00. The number of nitrogens with one attached hydrogen (secondary N) is 1. The van der Waals surface area contributed by atoms with Gasteiger partial charge in [0.15, 0.2) is 0 Å². The fraction of sp³-hybridized carbons (Fsp3) is 0.333. The molecule has 0 heterocycles. The molecule has 0 fully saturated rings. The van der Waals surface area contributed by atoms with Crippen molar-refractivity contribution >= 4 is 0 Å². The monoisotopic (exact) mass is 285 g/mol. The highest BCUT2D eigenvalue weighted by molar-refractivity contribution is 5.37. The van der Waals surface area contributed by atoms with E-state index >= 15 is 0 Å². The van der Waals surface area contributed by atoms with E-state index in [9.17, 15) is 5.11 Å². The van der Waals surface area contributed by atoms with Gasteiger partial charge < -0.3 is 15.2 Å². The summed E-state index contributed by atoms with van der Waals surface area (Å²) >= 11 is 0. The molecule has 3 heteroatoms. The first kappa shape index (κ1) is 15.4. The van der Waals surface area contributed by atoms with Crippen molar-refractivity contribution in [2.75, 3.05) is 7.11 Å². The maximum absolute atomic E-state index is 9.97. The maximum Gasteiger partial charge on any atom is 0.123 e. The molecule has 0 aromatic heterocycles. The van der Waals surface area contributed by atoms with Crippen molar-refractivity contribution in [1.29, 1.82) is 0 Å². The van der Waals surface area contributed by atoms with Gasteiger partial charge in [0.1, 0.15) is 11.5 Å². The summed E-state index contributed by atoms with van der Waals surface area (Å²) in [5, 5.41) is 13.5. The van der Waals surface area contributed by atoms with Gasteiger partial charge in [-0.1, -0.05) is 43.3 Å². The number of phenols is 1. The van der Waals surface area contributed by atoms with Crippen LogP contribution in [-0.2, 0) is 0 Å². The van der Waals surface area contributed by atoms with E-state index in [1.165, 1.54) is 0 Å². The minimum Gasteiger partial charge on any atom is -0.508 e. The van der Waals surface area contributed by atoms with E-state index in [1.807, 2.05) is 36.4 Å². The molecule has 0 bridgehead atoms. The molecule has 2 unspecified atom stereocenters. The summed E-state index contributed by atoms with van der Waals surface area (Å²) in [4.78, 5) is 0. The lowest BCUT2D eigenvalue weighted by molar-refractivity contribution is 0.384. The topological polar surface area (TPSA) is 41.5 Å². The Morgan fingerprint density at radius 3 is 2.29 bits per heavy atom. The van der Waals surface area contributed by atoms with Crippen molar-refractivity contribution in [3.8, 4) is 11.5 Å². The van der Waals surface area contributed by atoms with Crippen LogP contribution in [0.25, 0.3) is 0 Å². The molecule has 0 aliphatic carbocycles. The minimum absolute atomic E-state index is 0.0565. The number of methoxy groups -OCH3 is 1. The normalized spacial score (nSPS) is 13.7. The van der Waals surface area contributed by atoms with Gasteiger partial charge in [-0.05, 0) is 25.5 Å². The molecule has 0 saturated heterocycles. The van der Waals surface area contributed by atoms with Gasteiger partial charge in [-0.25, -0.2) is 0 Å². The first-order chi connectivity index (χ1) is 10.2. The Bertz CT molecular complexity index is 583. The SMILES string of the molecule is CCC(NC(C)c1ccccc1O)c1ccccc1OC. The van der Waals surface area contributed by atoms with Crippen molar-refractivity contribution in [3.05, 3.63) is 59.7 Å². The second-order valence-corrected chi connectivity index (χ2v) is 5.15. The van der Waals surface area contributed by atoms with E-state index in [0.717, 1.165) is 23.3 Å². The number of ether oxygens (including phenoxy) is 1. The molecule has 21 heavy (non-hydrogen) atoms. The molecular weight excluding hydrogens is 262 g/mol. The number of hydrogen-bond acceptors (Lipinski definition) is 3. The summed E-state index contributed by atoms with van der Waals surface area (Å²) in [6.45, 7) is 4.20. The third kappa shape index (κ3) is 3.56. The highest BCUT2D eigenvalue weighted by Gasteiger charge is 2.18. The van der Waals surface area contributed by atoms with E-state index in [4.69, 9.17) is 4.74 Å². The van der Waals surface area contributed by atoms with E-state index in [-0.39, 0.29) is 12.1 Å². The number of benzene rings is 2. The fourth-order valence-corrected chi connectivity index (χ4v) is 2.63. The predicted octanol–water partition coefficient (Wildman–Crippen LogP) is 4.20. The molecule has 0 radical (unpaired) electrons. The number of phenolic OH excluding ortho intramolecular Hbond substituents is 1. The lowest BCUT2D eigenvalue weighted by Crippen LogP contribution is -2.24. The standard InChI is InChI=1S/C18H23NO2/c1-4-16(15-10-6-8-12-18(15)21-3)19-13(2)14-9-5-7-11-17(14)20/h5-13,16,19-20H,4H2,1-3H3. The Labute approximate surface area is 126 Å². The van der Waals surface area contributed by atoms with Crippen LogP contribution >= 0.6 is 0 Å². The Kier molecular flexibility index (Phi) is 5.23. The molecular formula is C18H23NO2. The molecule has 0 spiro atoms. The zero-order chi connectivity index (χ0) is 15.2. The van der Waals surface area contributed by atoms with Gasteiger partial charge in [0.2, 0.25) is 0 Å². The van der Waals surface area contributed by atoms with Crippen LogP contribution < -0.4 is 10.1 Å². The maximum atomic E-state index is 9.97. The largest absolute Gasteiger partial charge is 0.508 e. The van der Waals surface area contributed by atoms with Crippen LogP contribution in [0.3, 0.4) is 0 Å². The van der Waals surface area contributed by atoms with E-state index in [1.54, 1.807) is 13.2 Å². The quantitative estimate of drug-likeness (QED) is 0.835. The Morgan fingerprint density at radius 2 is 1.67 bits per heavy atom. The van der Waals surface area contributed by atoms with Crippen LogP contribution in [0.5, 0.6) is 11.5 Å². The van der Waals surface area contributed by atoms with Crippen molar-refractivity contribution in [2.45, 2.75) is 32.4 Å². The molecule has 2 aromatic carbocycles. The first-order valence-electron chi connectivity index (χ1n) is 7.34. The Morgan fingerprint density at radius 1 is 1.05 bits per heavy atom. The van der Waals surface area contributed by atoms with Crippen molar-refractivity contribution in [3.63, 3.8) is 0 Å². The van der Waals surface area contributed by atoms with E-state index in [2.05, 4.69) is 25.2 Å². The van der Waals surface area contributed by atoms with Crippen LogP contribution in [-0.4, -0.2) is 12.2 Å². The second kappa shape index (κ2) is 7.14. The van der Waals surface area contributed by atoms with Crippen molar-refractivity contribution < 1.29 is 9.84 Å². The summed E-state index contributed by atoms with van der Waals surface area (Å²) in [6.07, 6.45) is 0.943. The van der Waals surface area contributed by atoms with E-state index < -0.39 is 0 Å². The van der Waals surface area contributed by atoms with Gasteiger partial charge in [-0.15, -0.1) is 0 Å². The molecule has 0 aliphatic rings. The molecule has 112 valence electrons. The molecule has 2 atom stereocenters. The van der Waals surface area contributed by atoms with Gasteiger partial charge >= 0.3 is 0 Å². The Balaban J connectivity index is 2.21. The lowest BCUT2D eigenvalue weighted by Gasteiger charge is -2.25. The summed E-state index contributed by atoms with van der Waals surface area (Å²) < 4.78 is 5.45. The van der Waals surface area contributed by atoms with Crippen LogP contribution in [0.15, 0.2) is 48.5 Å². The summed E-state index contributed by atoms with van der Waals surface area (Å²) in [5.41, 5.74) is 2.05. The highest BCUT2D eigenvalue weighted by Crippen LogP contribution is 2.31. The number of aromatic hydroxyl groups is 1. The van der Waals surface area contributed by atoms with Gasteiger partial charge in [-0.2, -0.15) is 0 Å². The lowest BCUT2D eigenvalue weighted by atomic mass is 10.00. The van der Waals surface area contributed by atoms with Crippen molar-refractivity contribution in [2.24, 2.45) is 0 Å². The van der Waals surface area contributed by atoms with Crippen molar-refractivity contribution in [1.82, 2.24) is 5.32 Å². The van der Waals surface area contributed by atoms with Crippen LogP contribution in [0.1, 0.15) is 43.5 Å².